The molecule has 0 spiro atoms. The van der Waals surface area contributed by atoms with E-state index >= 15 is 0 Å². The van der Waals surface area contributed by atoms with Gasteiger partial charge in [-0.1, -0.05) is 24.3 Å². The average molecular weight is 1270 g/mol. The first-order chi connectivity index (χ1) is 34.9. The fourth-order valence-electron chi connectivity index (χ4n) is 8.66. The molecule has 28 nitrogen and oxygen atoms in total. The van der Waals surface area contributed by atoms with Crippen molar-refractivity contribution in [2.45, 2.75) is 48.3 Å². The van der Waals surface area contributed by atoms with E-state index in [1.54, 1.807) is 9.80 Å². The molecule has 0 bridgehead atoms. The third-order valence-electron chi connectivity index (χ3n) is 12.1. The van der Waals surface area contributed by atoms with Crippen LogP contribution in [-0.2, 0) is 40.5 Å². The van der Waals surface area contributed by atoms with Crippen molar-refractivity contribution in [3.8, 4) is 0 Å². The normalized spacial score (nSPS) is 17.5. The zero-order valence-electron chi connectivity index (χ0n) is 43.6. The first-order valence-corrected chi connectivity index (χ1v) is 29.1. The van der Waals surface area contributed by atoms with Gasteiger partial charge in [0.25, 0.3) is 0 Å². The molecule has 2 fully saturated rings. The van der Waals surface area contributed by atoms with Gasteiger partial charge >= 0.3 is 206 Å². The van der Waals surface area contributed by atoms with Gasteiger partial charge in [0.2, 0.25) is 35.7 Å². The Morgan fingerprint density at radius 1 is 0.513 bits per heavy atom. The van der Waals surface area contributed by atoms with Crippen LogP contribution in [0.2, 0.25) is 0 Å². The molecule has 36 heteroatoms. The molecule has 0 radical (unpaired) electrons. The van der Waals surface area contributed by atoms with Crippen LogP contribution < -0.4 is 237 Å². The molecule has 0 amide bonds. The Morgan fingerprint density at radius 3 is 1.17 bits per heavy atom. The van der Waals surface area contributed by atoms with Gasteiger partial charge in [-0.15, -0.1) is 0 Å². The van der Waals surface area contributed by atoms with Crippen molar-refractivity contribution < 1.29 is 278 Å². The Labute approximate surface area is 623 Å². The van der Waals surface area contributed by atoms with E-state index in [2.05, 4.69) is 51.2 Å². The number of benzene rings is 2. The van der Waals surface area contributed by atoms with E-state index in [1.165, 1.54) is 24.3 Å². The molecule has 6 rings (SSSR count). The van der Waals surface area contributed by atoms with E-state index in [1.807, 2.05) is 0 Å². The molecule has 2 heterocycles. The van der Waals surface area contributed by atoms with E-state index in [4.69, 9.17) is 0 Å². The van der Waals surface area contributed by atoms with Crippen LogP contribution in [0.4, 0.5) is 47.1 Å². The van der Waals surface area contributed by atoms with E-state index in [-0.39, 0.29) is 327 Å². The third-order valence-corrected chi connectivity index (χ3v) is 15.3. The molecular formula is C42H56K4N12O16S4. The smallest absolute Gasteiger partial charge is 0.748 e. The Kier molecular flexibility index (Phi) is 33.7. The van der Waals surface area contributed by atoms with Gasteiger partial charge in [-0.2, -0.15) is 29.9 Å². The van der Waals surface area contributed by atoms with Crippen molar-refractivity contribution >= 4 is 99.7 Å². The van der Waals surface area contributed by atoms with Gasteiger partial charge in [0.15, 0.2) is 0 Å². The Bertz CT molecular complexity index is 2890. The molecule has 408 valence electrons. The SMILES string of the molecule is O=S(=O)([O-])CCNc1nc(Nc2ccc(C=Cc3ccc(Nc4nc(NCCS(=O)(=O)[O-])nc(N(CCO)CC5CCC(CO)C5)n4)cc3S(=O)(=O)[O-])c(S(=O)(=O)[O-])c2)nc(N(CCO)CC2CCC(CO)C2)n1.[K+].[K+].[K+].[K+]. The molecule has 4 unspecified atom stereocenters. The Morgan fingerprint density at radius 2 is 0.859 bits per heavy atom. The van der Waals surface area contributed by atoms with Crippen LogP contribution in [0.5, 0.6) is 0 Å². The monoisotopic (exact) mass is 1270 g/mol. The van der Waals surface area contributed by atoms with Crippen molar-refractivity contribution in [3.05, 3.63) is 47.5 Å². The molecule has 4 atom stereocenters. The van der Waals surface area contributed by atoms with Crippen LogP contribution in [0.25, 0.3) is 12.2 Å². The topological polar surface area (TPSA) is 442 Å². The summed E-state index contributed by atoms with van der Waals surface area (Å²) < 4.78 is 144. The molecule has 0 aliphatic heterocycles. The van der Waals surface area contributed by atoms with E-state index < -0.39 is 74.9 Å². The molecular weight excluding hydrogens is 1210 g/mol. The van der Waals surface area contributed by atoms with Crippen LogP contribution in [0.1, 0.15) is 49.7 Å². The Balaban J connectivity index is 0.00000520. The maximum Gasteiger partial charge on any atom is 1.00 e. The van der Waals surface area contributed by atoms with Crippen LogP contribution in [0.3, 0.4) is 0 Å². The number of hydrogen-bond acceptors (Lipinski definition) is 28. The number of aliphatic hydroxyl groups excluding tert-OH is 4. The summed E-state index contributed by atoms with van der Waals surface area (Å²) in [7, 11) is -19.9. The van der Waals surface area contributed by atoms with Gasteiger partial charge in [-0.25, -0.2) is 33.7 Å². The number of aliphatic hydroxyl groups is 4. The fraction of sp³-hybridized carbons (Fsp3) is 0.524. The summed E-state index contributed by atoms with van der Waals surface area (Å²) in [6.45, 7) is -0.624. The summed E-state index contributed by atoms with van der Waals surface area (Å²) in [5.41, 5.74) is -0.602. The standard InChI is InChI=1S/C42H60N12O16S4.4K/c55-15-13-53(23-27-1-3-29(19-27)25-57)41-49-37(43-11-17-71(59,60)61)47-39(51-41)45-33-9-7-31(35(21-33)73(65,66)67)5-6-32-8-10-34(22-36(32)74(68,69)70)46-40-48-38(44-12-18-72(62,63)64)50-42(52-40)54(14-16-56)24-28-2-4-30(20-28)26-58;;;;/h5-10,21-22,27-30,55-58H,1-4,11-20,23-26H2,(H,59,60,61)(H,62,63,64)(H,65,66,67)(H,68,69,70)(H2,43,45,47,49,51)(H2,44,46,48,50,52);;;;/q;4*+1/p-4. The number of hydrogen-bond donors (Lipinski definition) is 8. The number of rotatable bonds is 28. The van der Waals surface area contributed by atoms with Gasteiger partial charge in [0.05, 0.1) is 54.7 Å². The van der Waals surface area contributed by atoms with Crippen LogP contribution in [-0.4, -0.2) is 179 Å². The van der Waals surface area contributed by atoms with E-state index in [0.29, 0.717) is 25.9 Å². The minimum atomic E-state index is -5.29. The summed E-state index contributed by atoms with van der Waals surface area (Å²) in [6.07, 6.45) is 6.66. The zero-order valence-corrected chi connectivity index (χ0v) is 59.3. The summed E-state index contributed by atoms with van der Waals surface area (Å²) in [5, 5.41) is 50.0. The molecule has 2 aromatic carbocycles. The predicted molar refractivity (Wildman–Crippen MR) is 264 cm³/mol. The van der Waals surface area contributed by atoms with Crippen molar-refractivity contribution in [3.63, 3.8) is 0 Å². The van der Waals surface area contributed by atoms with E-state index in [9.17, 15) is 72.3 Å². The van der Waals surface area contributed by atoms with Gasteiger partial charge in [-0.3, -0.25) is 0 Å². The molecule has 2 aromatic heterocycles. The predicted octanol–water partition coefficient (Wildman–Crippen LogP) is -12.1. The minimum Gasteiger partial charge on any atom is -0.748 e. The van der Waals surface area contributed by atoms with Gasteiger partial charge in [0, 0.05) is 63.9 Å². The largest absolute Gasteiger partial charge is 1.00 e. The summed E-state index contributed by atoms with van der Waals surface area (Å²) in [5.74, 6) is -2.15. The minimum absolute atomic E-state index is 0. The van der Waals surface area contributed by atoms with Crippen molar-refractivity contribution in [2.24, 2.45) is 23.7 Å². The van der Waals surface area contributed by atoms with Gasteiger partial charge < -0.3 is 69.7 Å². The maximum atomic E-state index is 12.7. The summed E-state index contributed by atoms with van der Waals surface area (Å²) in [6, 6.07) is 6.89. The van der Waals surface area contributed by atoms with E-state index in [0.717, 1.165) is 50.0 Å². The van der Waals surface area contributed by atoms with Gasteiger partial charge in [-0.05, 0) is 97.6 Å². The average Bonchev–Trinajstić information content (AvgIpc) is 3.99. The summed E-state index contributed by atoms with van der Waals surface area (Å²) >= 11 is 0. The quantitative estimate of drug-likeness (QED) is 0.0149. The molecule has 2 saturated carbocycles. The molecule has 2 aliphatic carbocycles. The molecule has 8 N–H and O–H groups in total. The van der Waals surface area contributed by atoms with Crippen LogP contribution in [0, 0.1) is 23.7 Å². The second kappa shape index (κ2) is 35.0. The zero-order chi connectivity index (χ0) is 53.8. The van der Waals surface area contributed by atoms with Crippen LogP contribution >= 0.6 is 0 Å². The maximum absolute atomic E-state index is 12.7. The first-order valence-electron chi connectivity index (χ1n) is 23.1. The number of aromatic nitrogens is 6. The Hall–Kier alpha value is 1.03. The number of nitrogens with zero attached hydrogens (tertiary/aromatic N) is 8. The van der Waals surface area contributed by atoms with Gasteiger partial charge in [0.1, 0.15) is 20.2 Å². The fourth-order valence-corrected chi connectivity index (χ4v) is 10.8. The summed E-state index contributed by atoms with van der Waals surface area (Å²) in [4.78, 5) is 27.6. The van der Waals surface area contributed by atoms with Crippen molar-refractivity contribution in [1.82, 2.24) is 29.9 Å². The second-order valence-electron chi connectivity index (χ2n) is 17.7. The van der Waals surface area contributed by atoms with Crippen LogP contribution in [0.15, 0.2) is 46.2 Å². The number of nitrogens with one attached hydrogen (secondary N) is 4. The number of anilines is 8. The molecule has 2 aliphatic rings. The molecule has 78 heavy (non-hydrogen) atoms. The first kappa shape index (κ1) is 75.1. The molecule has 0 saturated heterocycles. The third kappa shape index (κ3) is 24.8. The second-order valence-corrected chi connectivity index (χ2v) is 23.5. The van der Waals surface area contributed by atoms with Crippen molar-refractivity contribution in [2.75, 3.05) is 108 Å². The molecule has 4 aromatic rings. The van der Waals surface area contributed by atoms with Crippen molar-refractivity contribution in [1.29, 1.82) is 0 Å².